The highest BCUT2D eigenvalue weighted by atomic mass is 79.9. The number of hydrogen-bond donors (Lipinski definition) is 0. The summed E-state index contributed by atoms with van der Waals surface area (Å²) >= 11 is 3.40. The Morgan fingerprint density at radius 3 is 2.55 bits per heavy atom. The van der Waals surface area contributed by atoms with Crippen molar-refractivity contribution in [1.82, 2.24) is 9.88 Å². The smallest absolute Gasteiger partial charge is 0.228 e. The molecule has 110 valence electrons. The van der Waals surface area contributed by atoms with Crippen LogP contribution in [-0.4, -0.2) is 42.0 Å². The lowest BCUT2D eigenvalue weighted by Crippen LogP contribution is -2.41. The molecule has 1 aromatic rings. The molecule has 20 heavy (non-hydrogen) atoms. The molecule has 5 heteroatoms. The van der Waals surface area contributed by atoms with E-state index in [2.05, 4.69) is 25.8 Å². The fraction of sp³-hybridized carbons (Fsp3) is 0.600. The minimum absolute atomic E-state index is 0.239. The number of halogens is 1. The third-order valence-electron chi connectivity index (χ3n) is 3.46. The lowest BCUT2D eigenvalue weighted by Gasteiger charge is -2.28. The van der Waals surface area contributed by atoms with E-state index in [0.717, 1.165) is 42.9 Å². The first kappa shape index (κ1) is 15.3. The zero-order valence-electron chi connectivity index (χ0n) is 12.4. The van der Waals surface area contributed by atoms with E-state index in [1.165, 1.54) is 0 Å². The van der Waals surface area contributed by atoms with E-state index in [1.807, 2.05) is 44.0 Å². The van der Waals surface area contributed by atoms with Gasteiger partial charge in [0.05, 0.1) is 0 Å². The minimum atomic E-state index is -0.301. The average molecular weight is 340 g/mol. The zero-order chi connectivity index (χ0) is 14.8. The van der Waals surface area contributed by atoms with Gasteiger partial charge in [0.1, 0.15) is 5.82 Å². The molecule has 2 heterocycles. The monoisotopic (exact) mass is 339 g/mol. The number of rotatable bonds is 1. The van der Waals surface area contributed by atoms with Gasteiger partial charge < -0.3 is 9.80 Å². The SMILES string of the molecule is CC(C)(C)C(=O)N1CCCN(c2ccc(Br)cn2)CC1. The van der Waals surface area contributed by atoms with Crippen LogP contribution in [0, 0.1) is 5.41 Å². The minimum Gasteiger partial charge on any atom is -0.355 e. The van der Waals surface area contributed by atoms with Crippen molar-refractivity contribution in [2.75, 3.05) is 31.1 Å². The van der Waals surface area contributed by atoms with E-state index in [-0.39, 0.29) is 11.3 Å². The van der Waals surface area contributed by atoms with Gasteiger partial charge in [-0.05, 0) is 34.5 Å². The summed E-state index contributed by atoms with van der Waals surface area (Å²) in [5.74, 6) is 1.22. The van der Waals surface area contributed by atoms with Crippen molar-refractivity contribution < 1.29 is 4.79 Å². The van der Waals surface area contributed by atoms with Crippen LogP contribution in [0.2, 0.25) is 0 Å². The molecule has 1 fully saturated rings. The molecule has 1 aromatic heterocycles. The van der Waals surface area contributed by atoms with Gasteiger partial charge in [-0.25, -0.2) is 4.98 Å². The number of hydrogen-bond acceptors (Lipinski definition) is 3. The fourth-order valence-corrected chi connectivity index (χ4v) is 2.61. The van der Waals surface area contributed by atoms with Gasteiger partial charge in [0.2, 0.25) is 5.91 Å². The summed E-state index contributed by atoms with van der Waals surface area (Å²) in [7, 11) is 0. The van der Waals surface area contributed by atoms with Crippen LogP contribution in [0.15, 0.2) is 22.8 Å². The van der Waals surface area contributed by atoms with Crippen LogP contribution in [0.3, 0.4) is 0 Å². The normalized spacial score (nSPS) is 17.0. The Hall–Kier alpha value is -1.10. The van der Waals surface area contributed by atoms with Gasteiger partial charge in [-0.15, -0.1) is 0 Å². The number of anilines is 1. The quantitative estimate of drug-likeness (QED) is 0.789. The predicted molar refractivity (Wildman–Crippen MR) is 84.8 cm³/mol. The molecule has 0 aromatic carbocycles. The predicted octanol–water partition coefficient (Wildman–Crippen LogP) is 2.93. The Balaban J connectivity index is 2.02. The number of amides is 1. The Morgan fingerprint density at radius 1 is 1.20 bits per heavy atom. The summed E-state index contributed by atoms with van der Waals surface area (Å²) in [5.41, 5.74) is -0.301. The maximum atomic E-state index is 12.3. The lowest BCUT2D eigenvalue weighted by molar-refractivity contribution is -0.139. The first-order chi connectivity index (χ1) is 9.38. The van der Waals surface area contributed by atoms with Crippen molar-refractivity contribution in [3.05, 3.63) is 22.8 Å². The number of nitrogens with zero attached hydrogens (tertiary/aromatic N) is 3. The van der Waals surface area contributed by atoms with Crippen LogP contribution in [0.1, 0.15) is 27.2 Å². The number of carbonyl (C=O) groups is 1. The van der Waals surface area contributed by atoms with Gasteiger partial charge in [-0.2, -0.15) is 0 Å². The third-order valence-corrected chi connectivity index (χ3v) is 3.93. The molecule has 1 aliphatic rings. The number of aromatic nitrogens is 1. The molecule has 2 rings (SSSR count). The van der Waals surface area contributed by atoms with Gasteiger partial charge >= 0.3 is 0 Å². The van der Waals surface area contributed by atoms with Crippen molar-refractivity contribution >= 4 is 27.7 Å². The Kier molecular flexibility index (Phi) is 4.68. The first-order valence-electron chi connectivity index (χ1n) is 7.04. The Bertz CT molecular complexity index is 467. The van der Waals surface area contributed by atoms with Gasteiger partial charge in [0.15, 0.2) is 0 Å². The van der Waals surface area contributed by atoms with E-state index in [4.69, 9.17) is 0 Å². The van der Waals surface area contributed by atoms with Crippen LogP contribution in [0.5, 0.6) is 0 Å². The molecular weight excluding hydrogens is 318 g/mol. The molecule has 1 amide bonds. The fourth-order valence-electron chi connectivity index (χ4n) is 2.38. The molecule has 0 aliphatic carbocycles. The molecule has 0 spiro atoms. The topological polar surface area (TPSA) is 36.4 Å². The summed E-state index contributed by atoms with van der Waals surface area (Å²) in [6.07, 6.45) is 2.80. The molecule has 0 radical (unpaired) electrons. The van der Waals surface area contributed by atoms with E-state index < -0.39 is 0 Å². The van der Waals surface area contributed by atoms with Crippen LogP contribution in [-0.2, 0) is 4.79 Å². The van der Waals surface area contributed by atoms with Crippen LogP contribution >= 0.6 is 15.9 Å². The molecule has 4 nitrogen and oxygen atoms in total. The highest BCUT2D eigenvalue weighted by Crippen LogP contribution is 2.20. The zero-order valence-corrected chi connectivity index (χ0v) is 14.0. The van der Waals surface area contributed by atoms with Crippen LogP contribution in [0.25, 0.3) is 0 Å². The summed E-state index contributed by atoms with van der Waals surface area (Å²) in [6.45, 7) is 9.34. The van der Waals surface area contributed by atoms with E-state index in [9.17, 15) is 4.79 Å². The average Bonchev–Trinajstić information content (AvgIpc) is 2.63. The summed E-state index contributed by atoms with van der Waals surface area (Å²) < 4.78 is 0.987. The van der Waals surface area contributed by atoms with E-state index >= 15 is 0 Å². The van der Waals surface area contributed by atoms with Crippen molar-refractivity contribution in [1.29, 1.82) is 0 Å². The number of carbonyl (C=O) groups excluding carboxylic acids is 1. The maximum Gasteiger partial charge on any atom is 0.228 e. The second-order valence-electron chi connectivity index (χ2n) is 6.22. The molecule has 0 bridgehead atoms. The molecule has 0 atom stereocenters. The maximum absolute atomic E-state index is 12.3. The molecular formula is C15H22BrN3O. The lowest BCUT2D eigenvalue weighted by atomic mass is 9.94. The van der Waals surface area contributed by atoms with E-state index in [1.54, 1.807) is 0 Å². The highest BCUT2D eigenvalue weighted by Gasteiger charge is 2.28. The van der Waals surface area contributed by atoms with Crippen molar-refractivity contribution in [2.45, 2.75) is 27.2 Å². The molecule has 1 saturated heterocycles. The standard InChI is InChI=1S/C15H22BrN3O/c1-15(2,3)14(20)19-8-4-7-18(9-10-19)13-6-5-12(16)11-17-13/h5-6,11H,4,7-10H2,1-3H3. The van der Waals surface area contributed by atoms with Crippen molar-refractivity contribution in [3.63, 3.8) is 0 Å². The van der Waals surface area contributed by atoms with Crippen LogP contribution in [0.4, 0.5) is 5.82 Å². The molecule has 0 saturated carbocycles. The van der Waals surface area contributed by atoms with Gasteiger partial charge in [0, 0.05) is 42.3 Å². The molecule has 1 aliphatic heterocycles. The number of pyridine rings is 1. The van der Waals surface area contributed by atoms with Gasteiger partial charge in [-0.3, -0.25) is 4.79 Å². The largest absolute Gasteiger partial charge is 0.355 e. The van der Waals surface area contributed by atoms with Crippen LogP contribution < -0.4 is 4.90 Å². The third kappa shape index (κ3) is 3.72. The molecule has 0 unspecified atom stereocenters. The van der Waals surface area contributed by atoms with Crippen molar-refractivity contribution in [3.8, 4) is 0 Å². The summed E-state index contributed by atoms with van der Waals surface area (Å²) in [6, 6.07) is 4.02. The van der Waals surface area contributed by atoms with Crippen molar-refractivity contribution in [2.24, 2.45) is 5.41 Å². The molecule has 0 N–H and O–H groups in total. The van der Waals surface area contributed by atoms with Gasteiger partial charge in [-0.1, -0.05) is 20.8 Å². The van der Waals surface area contributed by atoms with Gasteiger partial charge in [0.25, 0.3) is 0 Å². The highest BCUT2D eigenvalue weighted by molar-refractivity contribution is 9.10. The van der Waals surface area contributed by atoms with E-state index in [0.29, 0.717) is 0 Å². The summed E-state index contributed by atoms with van der Waals surface area (Å²) in [4.78, 5) is 21.0. The Labute approximate surface area is 129 Å². The first-order valence-corrected chi connectivity index (χ1v) is 7.83. The second kappa shape index (κ2) is 6.12. The second-order valence-corrected chi connectivity index (χ2v) is 7.13. The Morgan fingerprint density at radius 2 is 1.95 bits per heavy atom. The summed E-state index contributed by atoms with van der Waals surface area (Å²) in [5, 5.41) is 0.